The van der Waals surface area contributed by atoms with Crippen molar-refractivity contribution >= 4 is 27.1 Å². The Labute approximate surface area is 104 Å². The first-order chi connectivity index (χ1) is 8.34. The second-order valence-electron chi connectivity index (χ2n) is 4.60. The van der Waals surface area contributed by atoms with Gasteiger partial charge in [0.2, 0.25) is 5.43 Å². The highest BCUT2D eigenvalue weighted by molar-refractivity contribution is 7.16. The van der Waals surface area contributed by atoms with E-state index in [1.807, 2.05) is 29.6 Å². The Morgan fingerprint density at radius 2 is 1.94 bits per heavy atom. The molecule has 0 atom stereocenters. The molecular formula is C14H15NOS. The van der Waals surface area contributed by atoms with Gasteiger partial charge in [0.1, 0.15) is 0 Å². The molecule has 0 saturated heterocycles. The third-order valence-corrected chi connectivity index (χ3v) is 4.36. The number of nitrogens with one attached hydrogen (secondary N) is 1. The number of rotatable bonds is 2. The van der Waals surface area contributed by atoms with E-state index in [4.69, 9.17) is 0 Å². The quantitative estimate of drug-likeness (QED) is 0.875. The van der Waals surface area contributed by atoms with Crippen molar-refractivity contribution in [3.63, 3.8) is 0 Å². The lowest BCUT2D eigenvalue weighted by molar-refractivity contribution is 0.755. The average Bonchev–Trinajstić information content (AvgIpc) is 2.86. The van der Waals surface area contributed by atoms with Crippen molar-refractivity contribution < 1.29 is 0 Å². The lowest BCUT2D eigenvalue weighted by Crippen LogP contribution is -2.19. The Morgan fingerprint density at radius 1 is 1.18 bits per heavy atom. The van der Waals surface area contributed by atoms with Gasteiger partial charge in [-0.15, -0.1) is 11.3 Å². The van der Waals surface area contributed by atoms with Crippen LogP contribution in [0.4, 0.5) is 5.69 Å². The molecule has 1 fully saturated rings. The predicted octanol–water partition coefficient (Wildman–Crippen LogP) is 3.62. The highest BCUT2D eigenvalue weighted by Gasteiger charge is 2.16. The Morgan fingerprint density at radius 3 is 2.76 bits per heavy atom. The Kier molecular flexibility index (Phi) is 2.85. The maximum absolute atomic E-state index is 12.3. The molecule has 0 bridgehead atoms. The number of benzene rings is 1. The second kappa shape index (κ2) is 4.49. The van der Waals surface area contributed by atoms with Gasteiger partial charge in [0, 0.05) is 21.5 Å². The summed E-state index contributed by atoms with van der Waals surface area (Å²) in [5.41, 5.74) is 0.923. The number of fused-ring (bicyclic) bond motifs is 1. The van der Waals surface area contributed by atoms with E-state index < -0.39 is 0 Å². The molecular weight excluding hydrogens is 230 g/mol. The summed E-state index contributed by atoms with van der Waals surface area (Å²) in [5, 5.41) is 6.19. The fourth-order valence-electron chi connectivity index (χ4n) is 2.47. The van der Waals surface area contributed by atoms with E-state index in [0.717, 1.165) is 15.8 Å². The van der Waals surface area contributed by atoms with Crippen molar-refractivity contribution in [3.8, 4) is 0 Å². The Bertz CT molecular complexity index is 584. The van der Waals surface area contributed by atoms with Crippen LogP contribution in [0, 0.1) is 0 Å². The third-order valence-electron chi connectivity index (χ3n) is 3.39. The van der Waals surface area contributed by atoms with Crippen LogP contribution in [-0.2, 0) is 0 Å². The van der Waals surface area contributed by atoms with E-state index in [-0.39, 0.29) is 5.43 Å². The minimum atomic E-state index is 0.145. The summed E-state index contributed by atoms with van der Waals surface area (Å²) < 4.78 is 1.06. The molecule has 1 N–H and O–H groups in total. The van der Waals surface area contributed by atoms with Crippen molar-refractivity contribution in [2.45, 2.75) is 31.7 Å². The second-order valence-corrected chi connectivity index (χ2v) is 5.51. The summed E-state index contributed by atoms with van der Waals surface area (Å²) in [7, 11) is 0. The summed E-state index contributed by atoms with van der Waals surface area (Å²) in [6.45, 7) is 0. The highest BCUT2D eigenvalue weighted by atomic mass is 32.1. The largest absolute Gasteiger partial charge is 0.378 e. The van der Waals surface area contributed by atoms with Gasteiger partial charge >= 0.3 is 0 Å². The third kappa shape index (κ3) is 2.07. The monoisotopic (exact) mass is 245 g/mol. The van der Waals surface area contributed by atoms with Crippen LogP contribution in [-0.4, -0.2) is 6.04 Å². The summed E-state index contributed by atoms with van der Waals surface area (Å²) in [6, 6.07) is 8.31. The number of hydrogen-bond acceptors (Lipinski definition) is 3. The van der Waals surface area contributed by atoms with Gasteiger partial charge in [-0.05, 0) is 25.0 Å². The zero-order valence-electron chi connectivity index (χ0n) is 9.61. The summed E-state index contributed by atoms with van der Waals surface area (Å²) in [6.07, 6.45) is 4.94. The van der Waals surface area contributed by atoms with E-state index >= 15 is 0 Å². The molecule has 2 aromatic rings. The zero-order valence-corrected chi connectivity index (χ0v) is 10.4. The molecule has 0 unspecified atom stereocenters. The van der Waals surface area contributed by atoms with E-state index in [0.29, 0.717) is 6.04 Å². The molecule has 17 heavy (non-hydrogen) atoms. The minimum Gasteiger partial charge on any atom is -0.378 e. The molecule has 0 radical (unpaired) electrons. The van der Waals surface area contributed by atoms with Crippen LogP contribution in [0.3, 0.4) is 0 Å². The first-order valence-corrected chi connectivity index (χ1v) is 6.99. The lowest BCUT2D eigenvalue weighted by Gasteiger charge is -2.12. The number of anilines is 1. The molecule has 0 spiro atoms. The molecule has 0 aliphatic heterocycles. The van der Waals surface area contributed by atoms with Crippen molar-refractivity contribution in [1.29, 1.82) is 0 Å². The molecule has 3 heteroatoms. The number of hydrogen-bond donors (Lipinski definition) is 1. The van der Waals surface area contributed by atoms with Crippen LogP contribution >= 0.6 is 11.3 Å². The molecule has 1 saturated carbocycles. The van der Waals surface area contributed by atoms with Crippen LogP contribution in [0.5, 0.6) is 0 Å². The van der Waals surface area contributed by atoms with Gasteiger partial charge in [-0.2, -0.15) is 0 Å². The molecule has 2 nitrogen and oxygen atoms in total. The highest BCUT2D eigenvalue weighted by Crippen LogP contribution is 2.23. The molecule has 0 amide bonds. The van der Waals surface area contributed by atoms with E-state index in [9.17, 15) is 4.79 Å². The van der Waals surface area contributed by atoms with Crippen LogP contribution < -0.4 is 10.7 Å². The van der Waals surface area contributed by atoms with E-state index in [1.165, 1.54) is 25.7 Å². The van der Waals surface area contributed by atoms with Crippen LogP contribution in [0.15, 0.2) is 34.4 Å². The van der Waals surface area contributed by atoms with Crippen molar-refractivity contribution in [2.75, 3.05) is 5.32 Å². The topological polar surface area (TPSA) is 29.1 Å². The SMILES string of the molecule is O=c1c(NC2CCCC2)csc2ccccc12. The first kappa shape index (κ1) is 10.8. The van der Waals surface area contributed by atoms with Crippen molar-refractivity contribution in [2.24, 2.45) is 0 Å². The normalized spacial score (nSPS) is 16.5. The Hall–Kier alpha value is -1.35. The van der Waals surface area contributed by atoms with Gasteiger partial charge in [-0.25, -0.2) is 0 Å². The standard InChI is InChI=1S/C14H15NOS/c16-14-11-7-3-4-8-13(11)17-9-12(14)15-10-5-1-2-6-10/h3-4,7-10,15H,1-2,5-6H2. The predicted molar refractivity (Wildman–Crippen MR) is 74.0 cm³/mol. The van der Waals surface area contributed by atoms with Gasteiger partial charge in [-0.1, -0.05) is 25.0 Å². The molecule has 3 rings (SSSR count). The van der Waals surface area contributed by atoms with Gasteiger partial charge < -0.3 is 5.32 Å². The van der Waals surface area contributed by atoms with Crippen molar-refractivity contribution in [1.82, 2.24) is 0 Å². The fourth-order valence-corrected chi connectivity index (χ4v) is 3.33. The van der Waals surface area contributed by atoms with E-state index in [2.05, 4.69) is 5.32 Å². The van der Waals surface area contributed by atoms with Gasteiger partial charge in [0.15, 0.2) is 0 Å². The Balaban J connectivity index is 1.99. The molecule has 1 heterocycles. The van der Waals surface area contributed by atoms with E-state index in [1.54, 1.807) is 11.3 Å². The van der Waals surface area contributed by atoms with Crippen molar-refractivity contribution in [3.05, 3.63) is 39.9 Å². The van der Waals surface area contributed by atoms with Crippen LogP contribution in [0.2, 0.25) is 0 Å². The summed E-state index contributed by atoms with van der Waals surface area (Å²) in [5.74, 6) is 0. The fraction of sp³-hybridized carbons (Fsp3) is 0.357. The lowest BCUT2D eigenvalue weighted by atomic mass is 10.2. The molecule has 1 aliphatic carbocycles. The smallest absolute Gasteiger partial charge is 0.211 e. The van der Waals surface area contributed by atoms with Gasteiger partial charge in [-0.3, -0.25) is 4.79 Å². The minimum absolute atomic E-state index is 0.145. The molecule has 88 valence electrons. The first-order valence-electron chi connectivity index (χ1n) is 6.12. The zero-order chi connectivity index (χ0) is 11.7. The summed E-state index contributed by atoms with van der Waals surface area (Å²) >= 11 is 1.64. The van der Waals surface area contributed by atoms with Crippen LogP contribution in [0.1, 0.15) is 25.7 Å². The maximum atomic E-state index is 12.3. The molecule has 1 aliphatic rings. The summed E-state index contributed by atoms with van der Waals surface area (Å²) in [4.78, 5) is 12.3. The maximum Gasteiger partial charge on any atom is 0.211 e. The molecule has 1 aromatic carbocycles. The van der Waals surface area contributed by atoms with Crippen LogP contribution in [0.25, 0.3) is 10.1 Å². The molecule has 1 aromatic heterocycles. The van der Waals surface area contributed by atoms with Gasteiger partial charge in [0.05, 0.1) is 5.69 Å². The van der Waals surface area contributed by atoms with Gasteiger partial charge in [0.25, 0.3) is 0 Å². The average molecular weight is 245 g/mol.